The predicted molar refractivity (Wildman–Crippen MR) is 71.2 cm³/mol. The number of hydrogen-bond donors (Lipinski definition) is 2. The Hall–Kier alpha value is -2.10. The number of carboxylic acid groups (broad SMARTS) is 1. The highest BCUT2D eigenvalue weighted by Gasteiger charge is 2.04. The Balaban J connectivity index is 2.60. The van der Waals surface area contributed by atoms with E-state index in [-0.39, 0.29) is 5.91 Å². The van der Waals surface area contributed by atoms with Crippen LogP contribution in [0, 0.1) is 5.92 Å². The lowest BCUT2D eigenvalue weighted by atomic mass is 10.1. The summed E-state index contributed by atoms with van der Waals surface area (Å²) in [6, 6.07) is 7.01. The van der Waals surface area contributed by atoms with Gasteiger partial charge in [0.25, 0.3) is 0 Å². The molecular formula is C14H17NO3. The Kier molecular flexibility index (Phi) is 5.11. The maximum atomic E-state index is 11.5. The molecule has 0 bridgehead atoms. The van der Waals surface area contributed by atoms with E-state index in [1.54, 1.807) is 24.3 Å². The lowest BCUT2D eigenvalue weighted by molar-refractivity contribution is -0.131. The van der Waals surface area contributed by atoms with Crippen molar-refractivity contribution in [1.29, 1.82) is 0 Å². The summed E-state index contributed by atoms with van der Waals surface area (Å²) in [5.41, 5.74) is 1.49. The van der Waals surface area contributed by atoms with Crippen LogP contribution in [-0.2, 0) is 9.59 Å². The summed E-state index contributed by atoms with van der Waals surface area (Å²) in [7, 11) is 0. The molecule has 0 aliphatic heterocycles. The number of hydrogen-bond acceptors (Lipinski definition) is 2. The summed E-state index contributed by atoms with van der Waals surface area (Å²) in [6.45, 7) is 3.97. The minimum atomic E-state index is -0.982. The molecule has 1 aromatic rings. The van der Waals surface area contributed by atoms with E-state index in [0.29, 0.717) is 18.0 Å². The molecule has 4 heteroatoms. The van der Waals surface area contributed by atoms with Gasteiger partial charge in [-0.1, -0.05) is 26.0 Å². The van der Waals surface area contributed by atoms with Crippen molar-refractivity contribution in [2.75, 3.05) is 5.32 Å². The standard InChI is InChI=1S/C14H17NO3/c1-10(2)9-13(16)15-12-6-3-11(4-7-12)5-8-14(17)18/h3-8,10H,9H2,1-2H3,(H,15,16)(H,17,18). The number of benzene rings is 1. The highest BCUT2D eigenvalue weighted by Crippen LogP contribution is 2.12. The van der Waals surface area contributed by atoms with E-state index in [1.807, 2.05) is 13.8 Å². The Labute approximate surface area is 106 Å². The fraction of sp³-hybridized carbons (Fsp3) is 0.286. The molecule has 1 aromatic carbocycles. The molecule has 0 radical (unpaired) electrons. The van der Waals surface area contributed by atoms with E-state index < -0.39 is 5.97 Å². The van der Waals surface area contributed by atoms with Crippen LogP contribution in [0.3, 0.4) is 0 Å². The van der Waals surface area contributed by atoms with E-state index in [1.165, 1.54) is 6.08 Å². The summed E-state index contributed by atoms with van der Waals surface area (Å²) in [4.78, 5) is 21.9. The Bertz CT molecular complexity index is 447. The van der Waals surface area contributed by atoms with E-state index in [0.717, 1.165) is 11.6 Å². The average molecular weight is 247 g/mol. The van der Waals surface area contributed by atoms with Crippen LogP contribution in [0.1, 0.15) is 25.8 Å². The van der Waals surface area contributed by atoms with E-state index in [9.17, 15) is 9.59 Å². The van der Waals surface area contributed by atoms with Gasteiger partial charge < -0.3 is 10.4 Å². The average Bonchev–Trinajstić information content (AvgIpc) is 2.26. The van der Waals surface area contributed by atoms with Crippen molar-refractivity contribution < 1.29 is 14.7 Å². The molecule has 0 heterocycles. The lowest BCUT2D eigenvalue weighted by Gasteiger charge is -2.07. The van der Waals surface area contributed by atoms with Crippen molar-refractivity contribution in [2.24, 2.45) is 5.92 Å². The van der Waals surface area contributed by atoms with Gasteiger partial charge in [0.05, 0.1) is 0 Å². The van der Waals surface area contributed by atoms with Crippen molar-refractivity contribution >= 4 is 23.6 Å². The van der Waals surface area contributed by atoms with Gasteiger partial charge in [-0.25, -0.2) is 4.79 Å². The van der Waals surface area contributed by atoms with Crippen molar-refractivity contribution in [3.63, 3.8) is 0 Å². The second kappa shape index (κ2) is 6.59. The molecule has 0 fully saturated rings. The third kappa shape index (κ3) is 5.30. The van der Waals surface area contributed by atoms with Gasteiger partial charge in [0.15, 0.2) is 0 Å². The molecule has 96 valence electrons. The zero-order valence-electron chi connectivity index (χ0n) is 10.5. The van der Waals surface area contributed by atoms with Gasteiger partial charge in [-0.2, -0.15) is 0 Å². The van der Waals surface area contributed by atoms with Gasteiger partial charge in [0.1, 0.15) is 0 Å². The molecule has 0 saturated heterocycles. The molecule has 0 aliphatic carbocycles. The van der Waals surface area contributed by atoms with Crippen LogP contribution in [0.5, 0.6) is 0 Å². The summed E-state index contributed by atoms with van der Waals surface area (Å²) in [6.07, 6.45) is 3.06. The predicted octanol–water partition coefficient (Wildman–Crippen LogP) is 2.77. The van der Waals surface area contributed by atoms with Crippen LogP contribution < -0.4 is 5.32 Å². The minimum Gasteiger partial charge on any atom is -0.478 e. The number of carboxylic acids is 1. The number of aliphatic carboxylic acids is 1. The first-order valence-corrected chi connectivity index (χ1v) is 5.78. The van der Waals surface area contributed by atoms with Gasteiger partial charge in [0.2, 0.25) is 5.91 Å². The monoisotopic (exact) mass is 247 g/mol. The Morgan fingerprint density at radius 1 is 1.28 bits per heavy atom. The smallest absolute Gasteiger partial charge is 0.328 e. The highest BCUT2D eigenvalue weighted by molar-refractivity contribution is 5.91. The molecule has 1 rings (SSSR count). The molecule has 0 aliphatic rings. The number of carbonyl (C=O) groups is 2. The molecule has 0 atom stereocenters. The van der Waals surface area contributed by atoms with Crippen LogP contribution in [0.4, 0.5) is 5.69 Å². The highest BCUT2D eigenvalue weighted by atomic mass is 16.4. The molecule has 1 amide bonds. The normalized spacial score (nSPS) is 10.8. The topological polar surface area (TPSA) is 66.4 Å². The fourth-order valence-electron chi connectivity index (χ4n) is 1.43. The van der Waals surface area contributed by atoms with Crippen LogP contribution in [0.15, 0.2) is 30.3 Å². The van der Waals surface area contributed by atoms with E-state index >= 15 is 0 Å². The van der Waals surface area contributed by atoms with Crippen LogP contribution in [0.2, 0.25) is 0 Å². The quantitative estimate of drug-likeness (QED) is 0.786. The van der Waals surface area contributed by atoms with Crippen LogP contribution in [-0.4, -0.2) is 17.0 Å². The van der Waals surface area contributed by atoms with Crippen LogP contribution >= 0.6 is 0 Å². The van der Waals surface area contributed by atoms with Gasteiger partial charge in [-0.15, -0.1) is 0 Å². The summed E-state index contributed by atoms with van der Waals surface area (Å²) >= 11 is 0. The first-order chi connectivity index (χ1) is 8.47. The number of rotatable bonds is 5. The van der Waals surface area contributed by atoms with Gasteiger partial charge >= 0.3 is 5.97 Å². The molecule has 0 saturated carbocycles. The van der Waals surface area contributed by atoms with Crippen molar-refractivity contribution in [3.8, 4) is 0 Å². The molecule has 0 unspecified atom stereocenters. The second-order valence-corrected chi connectivity index (χ2v) is 4.44. The van der Waals surface area contributed by atoms with E-state index in [2.05, 4.69) is 5.32 Å². The summed E-state index contributed by atoms with van der Waals surface area (Å²) < 4.78 is 0. The zero-order valence-corrected chi connectivity index (χ0v) is 10.5. The van der Waals surface area contributed by atoms with Crippen LogP contribution in [0.25, 0.3) is 6.08 Å². The molecule has 0 spiro atoms. The Morgan fingerprint density at radius 3 is 2.39 bits per heavy atom. The fourth-order valence-corrected chi connectivity index (χ4v) is 1.43. The lowest BCUT2D eigenvalue weighted by Crippen LogP contribution is -2.13. The SMILES string of the molecule is CC(C)CC(=O)Nc1ccc(C=CC(=O)O)cc1. The largest absolute Gasteiger partial charge is 0.478 e. The van der Waals surface area contributed by atoms with Crippen molar-refractivity contribution in [2.45, 2.75) is 20.3 Å². The number of nitrogens with one attached hydrogen (secondary N) is 1. The minimum absolute atomic E-state index is 0.0150. The number of anilines is 1. The third-order valence-corrected chi connectivity index (χ3v) is 2.21. The summed E-state index contributed by atoms with van der Waals surface area (Å²) in [5.74, 6) is -0.675. The van der Waals surface area contributed by atoms with E-state index in [4.69, 9.17) is 5.11 Å². The zero-order chi connectivity index (χ0) is 13.5. The molecule has 0 aromatic heterocycles. The van der Waals surface area contributed by atoms with Crippen molar-refractivity contribution in [1.82, 2.24) is 0 Å². The maximum Gasteiger partial charge on any atom is 0.328 e. The van der Waals surface area contributed by atoms with Crippen molar-refractivity contribution in [3.05, 3.63) is 35.9 Å². The number of amides is 1. The van der Waals surface area contributed by atoms with Gasteiger partial charge in [0, 0.05) is 18.2 Å². The second-order valence-electron chi connectivity index (χ2n) is 4.44. The van der Waals surface area contributed by atoms with Gasteiger partial charge in [-0.3, -0.25) is 4.79 Å². The maximum absolute atomic E-state index is 11.5. The Morgan fingerprint density at radius 2 is 1.89 bits per heavy atom. The van der Waals surface area contributed by atoms with Gasteiger partial charge in [-0.05, 0) is 29.7 Å². The molecule has 4 nitrogen and oxygen atoms in total. The molecule has 18 heavy (non-hydrogen) atoms. The third-order valence-electron chi connectivity index (χ3n) is 2.21. The first kappa shape index (κ1) is 14.0. The number of carbonyl (C=O) groups excluding carboxylic acids is 1. The molecular weight excluding hydrogens is 230 g/mol. The summed E-state index contributed by atoms with van der Waals surface area (Å²) in [5, 5.41) is 11.3. The molecule has 2 N–H and O–H groups in total. The first-order valence-electron chi connectivity index (χ1n) is 5.78.